The minimum Gasteiger partial charge on any atom is -0.338 e. The maximum atomic E-state index is 11.8. The maximum Gasteiger partial charge on any atom is 0.389 e. The lowest BCUT2D eigenvalue weighted by Gasteiger charge is -2.13. The first kappa shape index (κ1) is 16.7. The topological polar surface area (TPSA) is 70.2 Å². The molecule has 0 aromatic rings. The third-order valence-electron chi connectivity index (χ3n) is 2.05. The third kappa shape index (κ3) is 8.80. The van der Waals surface area contributed by atoms with Gasteiger partial charge in [0.15, 0.2) is 0 Å². The van der Waals surface area contributed by atoms with Crippen LogP contribution < -0.4 is 16.0 Å². The molecule has 1 unspecified atom stereocenters. The van der Waals surface area contributed by atoms with Crippen LogP contribution in [0.4, 0.5) is 18.0 Å². The maximum absolute atomic E-state index is 11.8. The number of carbonyl (C=O) groups is 2. The fourth-order valence-corrected chi connectivity index (χ4v) is 1.13. The van der Waals surface area contributed by atoms with Gasteiger partial charge >= 0.3 is 12.2 Å². The van der Waals surface area contributed by atoms with Crippen LogP contribution in [-0.4, -0.2) is 37.2 Å². The predicted octanol–water partition coefficient (Wildman–Crippen LogP) is 1.15. The van der Waals surface area contributed by atoms with Gasteiger partial charge in [-0.15, -0.1) is 0 Å². The molecule has 0 heterocycles. The summed E-state index contributed by atoms with van der Waals surface area (Å²) in [4.78, 5) is 22.4. The monoisotopic (exact) mass is 269 g/mol. The number of imide groups is 1. The summed E-state index contributed by atoms with van der Waals surface area (Å²) in [6.07, 6.45) is -5.19. The fourth-order valence-electron chi connectivity index (χ4n) is 1.13. The summed E-state index contributed by atoms with van der Waals surface area (Å²) >= 11 is 0. The minimum absolute atomic E-state index is 0.0590. The van der Waals surface area contributed by atoms with Gasteiger partial charge in [-0.25, -0.2) is 4.79 Å². The Hall–Kier alpha value is -1.31. The first-order valence-corrected chi connectivity index (χ1v) is 5.65. The number of alkyl halides is 3. The second kappa shape index (κ2) is 7.91. The first-order valence-electron chi connectivity index (χ1n) is 5.65. The van der Waals surface area contributed by atoms with Gasteiger partial charge in [-0.3, -0.25) is 10.1 Å². The Morgan fingerprint density at radius 1 is 1.28 bits per heavy atom. The summed E-state index contributed by atoms with van der Waals surface area (Å²) in [5.74, 6) is -0.576. The molecule has 8 heteroatoms. The molecule has 0 aromatic heterocycles. The molecular weight excluding hydrogens is 251 g/mol. The van der Waals surface area contributed by atoms with Crippen molar-refractivity contribution in [3.05, 3.63) is 0 Å². The Kier molecular flexibility index (Phi) is 7.33. The molecule has 5 nitrogen and oxygen atoms in total. The Bertz CT molecular complexity index is 282. The number of halogens is 3. The first-order chi connectivity index (χ1) is 8.26. The second-order valence-corrected chi connectivity index (χ2v) is 3.74. The van der Waals surface area contributed by atoms with Gasteiger partial charge in [-0.05, 0) is 26.8 Å². The predicted molar refractivity (Wildman–Crippen MR) is 60.0 cm³/mol. The number of urea groups is 1. The van der Waals surface area contributed by atoms with Crippen LogP contribution in [0.3, 0.4) is 0 Å². The highest BCUT2D eigenvalue weighted by Gasteiger charge is 2.26. The van der Waals surface area contributed by atoms with Crippen molar-refractivity contribution in [2.45, 2.75) is 38.9 Å². The molecule has 18 heavy (non-hydrogen) atoms. The van der Waals surface area contributed by atoms with Gasteiger partial charge in [0, 0.05) is 13.0 Å². The van der Waals surface area contributed by atoms with Gasteiger partial charge in [0.1, 0.15) is 0 Å². The third-order valence-corrected chi connectivity index (χ3v) is 2.05. The SMILES string of the molecule is CCNC(=O)NC(=O)C(C)NCCCC(F)(F)F. The van der Waals surface area contributed by atoms with Crippen LogP contribution in [0.5, 0.6) is 0 Å². The second-order valence-electron chi connectivity index (χ2n) is 3.74. The van der Waals surface area contributed by atoms with Crippen LogP contribution in [0, 0.1) is 0 Å². The van der Waals surface area contributed by atoms with Gasteiger partial charge in [0.05, 0.1) is 6.04 Å². The molecule has 0 fully saturated rings. The molecule has 106 valence electrons. The van der Waals surface area contributed by atoms with Crippen LogP contribution in [0.1, 0.15) is 26.7 Å². The Balaban J connectivity index is 3.78. The number of hydrogen-bond donors (Lipinski definition) is 3. The summed E-state index contributed by atoms with van der Waals surface area (Å²) in [5, 5.41) is 7.05. The zero-order valence-electron chi connectivity index (χ0n) is 10.4. The standard InChI is InChI=1S/C10H18F3N3O2/c1-3-14-9(18)16-8(17)7(2)15-6-4-5-10(11,12)13/h7,15H,3-6H2,1-2H3,(H2,14,16,17,18). The van der Waals surface area contributed by atoms with Crippen molar-refractivity contribution < 1.29 is 22.8 Å². The molecule has 0 aliphatic rings. The summed E-state index contributed by atoms with van der Waals surface area (Å²) in [7, 11) is 0. The molecule has 1 atom stereocenters. The number of carbonyl (C=O) groups excluding carboxylic acids is 2. The molecule has 0 aliphatic carbocycles. The van der Waals surface area contributed by atoms with E-state index in [0.29, 0.717) is 6.54 Å². The fraction of sp³-hybridized carbons (Fsp3) is 0.800. The molecule has 0 saturated heterocycles. The Labute approximate surface area is 103 Å². The average Bonchev–Trinajstić information content (AvgIpc) is 2.22. The minimum atomic E-state index is -4.19. The van der Waals surface area contributed by atoms with Crippen molar-refractivity contribution in [2.75, 3.05) is 13.1 Å². The lowest BCUT2D eigenvalue weighted by atomic mass is 10.2. The van der Waals surface area contributed by atoms with Gasteiger partial charge in [0.25, 0.3) is 0 Å². The van der Waals surface area contributed by atoms with E-state index in [1.165, 1.54) is 6.92 Å². The lowest BCUT2D eigenvalue weighted by Crippen LogP contribution is -2.48. The van der Waals surface area contributed by atoms with E-state index in [1.54, 1.807) is 6.92 Å². The van der Waals surface area contributed by atoms with E-state index in [2.05, 4.69) is 16.0 Å². The summed E-state index contributed by atoms with van der Waals surface area (Å²) in [5.41, 5.74) is 0. The van der Waals surface area contributed by atoms with Crippen molar-refractivity contribution in [1.29, 1.82) is 0 Å². The van der Waals surface area contributed by atoms with Gasteiger partial charge in [-0.2, -0.15) is 13.2 Å². The smallest absolute Gasteiger partial charge is 0.338 e. The number of rotatable bonds is 6. The molecule has 0 radical (unpaired) electrons. The Morgan fingerprint density at radius 3 is 2.39 bits per heavy atom. The van der Waals surface area contributed by atoms with Crippen LogP contribution >= 0.6 is 0 Å². The van der Waals surface area contributed by atoms with Gasteiger partial charge < -0.3 is 10.6 Å². The van der Waals surface area contributed by atoms with Gasteiger partial charge in [0.2, 0.25) is 5.91 Å². The molecule has 3 N–H and O–H groups in total. The van der Waals surface area contributed by atoms with E-state index in [1.807, 2.05) is 0 Å². The van der Waals surface area contributed by atoms with E-state index in [0.717, 1.165) is 0 Å². The molecular formula is C10H18F3N3O2. The molecule has 0 aliphatic heterocycles. The van der Waals surface area contributed by atoms with Crippen LogP contribution in [0.15, 0.2) is 0 Å². The molecule has 0 aromatic carbocycles. The molecule has 0 spiro atoms. The molecule has 3 amide bonds. The van der Waals surface area contributed by atoms with Crippen molar-refractivity contribution in [3.63, 3.8) is 0 Å². The van der Waals surface area contributed by atoms with Crippen LogP contribution in [0.2, 0.25) is 0 Å². The normalized spacial score (nSPS) is 12.9. The number of amides is 3. The van der Waals surface area contributed by atoms with E-state index in [4.69, 9.17) is 0 Å². The summed E-state index contributed by atoms with van der Waals surface area (Å²) in [6.45, 7) is 3.61. The highest BCUT2D eigenvalue weighted by atomic mass is 19.4. The van der Waals surface area contributed by atoms with E-state index in [9.17, 15) is 22.8 Å². The van der Waals surface area contributed by atoms with Crippen LogP contribution in [0.25, 0.3) is 0 Å². The van der Waals surface area contributed by atoms with Crippen molar-refractivity contribution >= 4 is 11.9 Å². The molecule has 0 saturated carbocycles. The van der Waals surface area contributed by atoms with Crippen molar-refractivity contribution in [1.82, 2.24) is 16.0 Å². The summed E-state index contributed by atoms with van der Waals surface area (Å²) in [6, 6.07) is -1.34. The summed E-state index contributed by atoms with van der Waals surface area (Å²) < 4.78 is 35.5. The number of hydrogen-bond acceptors (Lipinski definition) is 3. The molecule has 0 rings (SSSR count). The van der Waals surface area contributed by atoms with E-state index < -0.39 is 30.6 Å². The quantitative estimate of drug-likeness (QED) is 0.634. The zero-order valence-corrected chi connectivity index (χ0v) is 10.4. The average molecular weight is 269 g/mol. The highest BCUT2D eigenvalue weighted by molar-refractivity contribution is 5.96. The highest BCUT2D eigenvalue weighted by Crippen LogP contribution is 2.20. The largest absolute Gasteiger partial charge is 0.389 e. The van der Waals surface area contributed by atoms with Gasteiger partial charge in [-0.1, -0.05) is 0 Å². The number of nitrogens with one attached hydrogen (secondary N) is 3. The molecule has 0 bridgehead atoms. The van der Waals surface area contributed by atoms with Crippen molar-refractivity contribution in [3.8, 4) is 0 Å². The van der Waals surface area contributed by atoms with Crippen LogP contribution in [-0.2, 0) is 4.79 Å². The lowest BCUT2D eigenvalue weighted by molar-refractivity contribution is -0.135. The Morgan fingerprint density at radius 2 is 1.89 bits per heavy atom. The zero-order chi connectivity index (χ0) is 14.2. The van der Waals surface area contributed by atoms with E-state index >= 15 is 0 Å². The van der Waals surface area contributed by atoms with E-state index in [-0.39, 0.29) is 13.0 Å². The van der Waals surface area contributed by atoms with Crippen molar-refractivity contribution in [2.24, 2.45) is 0 Å².